The summed E-state index contributed by atoms with van der Waals surface area (Å²) < 4.78 is 0. The first-order chi connectivity index (χ1) is 10.7. The molecule has 0 saturated carbocycles. The van der Waals surface area contributed by atoms with Crippen molar-refractivity contribution in [3.05, 3.63) is 59.7 Å². The zero-order chi connectivity index (χ0) is 17.1. The van der Waals surface area contributed by atoms with Gasteiger partial charge >= 0.3 is 0 Å². The van der Waals surface area contributed by atoms with Gasteiger partial charge in [0.15, 0.2) is 0 Å². The first-order valence-corrected chi connectivity index (χ1v) is 11.4. The third-order valence-electron chi connectivity index (χ3n) is 3.70. The molecule has 0 atom stereocenters. The number of hydrogen-bond donors (Lipinski definition) is 0. The van der Waals surface area contributed by atoms with Crippen LogP contribution in [0.15, 0.2) is 58.3 Å². The predicted octanol–water partition coefficient (Wildman–Crippen LogP) is 7.73. The lowest BCUT2D eigenvalue weighted by molar-refractivity contribution is 0.589. The molecule has 0 nitrogen and oxygen atoms in total. The molecule has 0 radical (unpaired) electrons. The first kappa shape index (κ1) is 18.8. The van der Waals surface area contributed by atoms with Gasteiger partial charge in [-0.3, -0.25) is 0 Å². The highest BCUT2D eigenvalue weighted by Crippen LogP contribution is 2.44. The number of rotatable bonds is 4. The van der Waals surface area contributed by atoms with Crippen molar-refractivity contribution < 1.29 is 0 Å². The van der Waals surface area contributed by atoms with Gasteiger partial charge in [-0.25, -0.2) is 0 Å². The molecule has 2 aromatic rings. The molecule has 0 aromatic heterocycles. The summed E-state index contributed by atoms with van der Waals surface area (Å²) in [6.07, 6.45) is 0. The second-order valence-electron chi connectivity index (χ2n) is 7.78. The van der Waals surface area contributed by atoms with Crippen molar-refractivity contribution in [3.63, 3.8) is 0 Å². The molecule has 0 aliphatic carbocycles. The van der Waals surface area contributed by atoms with E-state index in [9.17, 15) is 0 Å². The Morgan fingerprint density at radius 2 is 0.826 bits per heavy atom. The maximum absolute atomic E-state index is 2.25. The zero-order valence-corrected chi connectivity index (χ0v) is 17.3. The van der Waals surface area contributed by atoms with E-state index in [0.717, 1.165) is 0 Å². The minimum atomic E-state index is 0.222. The lowest BCUT2D eigenvalue weighted by atomic mass is 9.87. The van der Waals surface area contributed by atoms with Gasteiger partial charge in [0.1, 0.15) is 0 Å². The highest BCUT2D eigenvalue weighted by Gasteiger charge is 2.14. The Hall–Kier alpha value is -0.510. The summed E-state index contributed by atoms with van der Waals surface area (Å²) in [5.41, 5.74) is 3.22. The molecule has 0 heterocycles. The molecular formula is C20H26S3. The van der Waals surface area contributed by atoms with Crippen LogP contribution in [0.4, 0.5) is 0 Å². The Kier molecular flexibility index (Phi) is 6.21. The van der Waals surface area contributed by atoms with Gasteiger partial charge in [-0.05, 0) is 77.6 Å². The minimum Gasteiger partial charge on any atom is -0.0574 e. The molecule has 0 bridgehead atoms. The number of benzene rings is 2. The Bertz CT molecular complexity index is 556. The molecule has 3 heteroatoms. The van der Waals surface area contributed by atoms with Crippen molar-refractivity contribution >= 4 is 31.4 Å². The molecular weight excluding hydrogens is 336 g/mol. The second-order valence-corrected chi connectivity index (χ2v) is 11.8. The van der Waals surface area contributed by atoms with Crippen LogP contribution in [-0.4, -0.2) is 0 Å². The summed E-state index contributed by atoms with van der Waals surface area (Å²) >= 11 is 0. The minimum absolute atomic E-state index is 0.222. The smallest absolute Gasteiger partial charge is 0.0191 e. The maximum atomic E-state index is 2.25. The van der Waals surface area contributed by atoms with Crippen LogP contribution < -0.4 is 0 Å². The third-order valence-corrected chi connectivity index (χ3v) is 7.55. The predicted molar refractivity (Wildman–Crippen MR) is 110 cm³/mol. The lowest BCUT2D eigenvalue weighted by Crippen LogP contribution is -2.10. The van der Waals surface area contributed by atoms with E-state index in [-0.39, 0.29) is 10.8 Å². The van der Waals surface area contributed by atoms with Crippen molar-refractivity contribution in [2.75, 3.05) is 0 Å². The van der Waals surface area contributed by atoms with E-state index in [1.165, 1.54) is 20.9 Å². The van der Waals surface area contributed by atoms with Crippen molar-refractivity contribution in [2.45, 2.75) is 62.2 Å². The van der Waals surface area contributed by atoms with Gasteiger partial charge in [-0.15, -0.1) is 0 Å². The van der Waals surface area contributed by atoms with Gasteiger partial charge in [0, 0.05) is 9.79 Å². The largest absolute Gasteiger partial charge is 0.0574 e. The standard InChI is InChI=1S/C20H26S3/c1-19(2,3)15-7-11-17(12-8-15)21-23-22-18-13-9-16(10-14-18)20(4,5)6/h7-14H,1-6H3. The third kappa shape index (κ3) is 5.81. The molecule has 2 aromatic carbocycles. The van der Waals surface area contributed by atoms with E-state index in [0.29, 0.717) is 0 Å². The molecule has 0 unspecified atom stereocenters. The van der Waals surface area contributed by atoms with E-state index >= 15 is 0 Å². The summed E-state index contributed by atoms with van der Waals surface area (Å²) in [6.45, 7) is 13.5. The van der Waals surface area contributed by atoms with Gasteiger partial charge in [0.2, 0.25) is 0 Å². The zero-order valence-electron chi connectivity index (χ0n) is 14.8. The molecule has 0 spiro atoms. The highest BCUT2D eigenvalue weighted by atomic mass is 33.5. The van der Waals surface area contributed by atoms with Crippen molar-refractivity contribution in [1.29, 1.82) is 0 Å². The average Bonchev–Trinajstić information content (AvgIpc) is 2.46. The molecule has 23 heavy (non-hydrogen) atoms. The van der Waals surface area contributed by atoms with E-state index in [2.05, 4.69) is 90.1 Å². The van der Waals surface area contributed by atoms with E-state index in [1.807, 2.05) is 31.4 Å². The summed E-state index contributed by atoms with van der Waals surface area (Å²) in [4.78, 5) is 2.61. The number of hydrogen-bond acceptors (Lipinski definition) is 3. The first-order valence-electron chi connectivity index (χ1n) is 7.88. The Morgan fingerprint density at radius 3 is 1.09 bits per heavy atom. The fourth-order valence-electron chi connectivity index (χ4n) is 2.12. The average molecular weight is 363 g/mol. The van der Waals surface area contributed by atoms with Gasteiger partial charge in [0.25, 0.3) is 0 Å². The van der Waals surface area contributed by atoms with Crippen LogP contribution in [0, 0.1) is 0 Å². The molecule has 0 N–H and O–H groups in total. The van der Waals surface area contributed by atoms with E-state index in [1.54, 1.807) is 0 Å². The monoisotopic (exact) mass is 362 g/mol. The fourth-order valence-corrected chi connectivity index (χ4v) is 5.76. The molecule has 124 valence electrons. The van der Waals surface area contributed by atoms with E-state index in [4.69, 9.17) is 0 Å². The second kappa shape index (κ2) is 7.58. The van der Waals surface area contributed by atoms with Crippen LogP contribution in [0.5, 0.6) is 0 Å². The normalized spacial score (nSPS) is 12.4. The summed E-state index contributed by atoms with van der Waals surface area (Å²) in [5.74, 6) is 0. The van der Waals surface area contributed by atoms with Crippen LogP contribution in [0.25, 0.3) is 0 Å². The topological polar surface area (TPSA) is 0 Å². The SMILES string of the molecule is CC(C)(C)c1ccc(SSSc2ccc(C(C)(C)C)cc2)cc1. The van der Waals surface area contributed by atoms with Crippen LogP contribution in [0.3, 0.4) is 0 Å². The molecule has 2 rings (SSSR count). The quantitative estimate of drug-likeness (QED) is 0.511. The van der Waals surface area contributed by atoms with Gasteiger partial charge in [-0.2, -0.15) is 0 Å². The summed E-state index contributed by atoms with van der Waals surface area (Å²) in [5, 5.41) is 0. The Balaban J connectivity index is 1.87. The summed E-state index contributed by atoms with van der Waals surface area (Å²) in [7, 11) is 5.47. The fraction of sp³-hybridized carbons (Fsp3) is 0.400. The Morgan fingerprint density at radius 1 is 0.522 bits per heavy atom. The van der Waals surface area contributed by atoms with Gasteiger partial charge in [-0.1, -0.05) is 65.8 Å². The van der Waals surface area contributed by atoms with Crippen molar-refractivity contribution in [3.8, 4) is 0 Å². The molecule has 0 fully saturated rings. The lowest BCUT2D eigenvalue weighted by Gasteiger charge is -2.19. The summed E-state index contributed by atoms with van der Waals surface area (Å²) in [6, 6.07) is 17.9. The molecule has 0 aliphatic heterocycles. The van der Waals surface area contributed by atoms with Gasteiger partial charge in [0.05, 0.1) is 0 Å². The maximum Gasteiger partial charge on any atom is 0.0191 e. The van der Waals surface area contributed by atoms with Gasteiger partial charge < -0.3 is 0 Å². The van der Waals surface area contributed by atoms with Crippen molar-refractivity contribution in [1.82, 2.24) is 0 Å². The Labute approximate surface area is 153 Å². The van der Waals surface area contributed by atoms with Crippen LogP contribution in [0.2, 0.25) is 0 Å². The van der Waals surface area contributed by atoms with Crippen molar-refractivity contribution in [2.24, 2.45) is 0 Å². The highest BCUT2D eigenvalue weighted by molar-refractivity contribution is 9.09. The van der Waals surface area contributed by atoms with Crippen LogP contribution in [-0.2, 0) is 10.8 Å². The van der Waals surface area contributed by atoms with Crippen LogP contribution in [0.1, 0.15) is 52.7 Å². The van der Waals surface area contributed by atoms with E-state index < -0.39 is 0 Å². The molecule has 0 aliphatic rings. The molecule has 0 amide bonds. The van der Waals surface area contributed by atoms with Crippen LogP contribution >= 0.6 is 31.4 Å². The molecule has 0 saturated heterocycles.